The molecule has 1 unspecified atom stereocenters. The number of rotatable bonds is 8. The minimum atomic E-state index is -1.19. The van der Waals surface area contributed by atoms with Crippen molar-refractivity contribution in [2.24, 2.45) is 0 Å². The molecular weight excluding hydrogens is 586 g/mol. The van der Waals surface area contributed by atoms with E-state index < -0.39 is 35.7 Å². The molecule has 4 rings (SSSR count). The number of amidine groups is 1. The number of fused-ring (bicyclic) bond motifs is 2. The van der Waals surface area contributed by atoms with Crippen molar-refractivity contribution < 1.29 is 33.8 Å². The number of ketones is 1. The first kappa shape index (κ1) is 30.5. The molecule has 0 bridgehead atoms. The van der Waals surface area contributed by atoms with Crippen LogP contribution in [0.3, 0.4) is 0 Å². The summed E-state index contributed by atoms with van der Waals surface area (Å²) in [5, 5.41) is 23.0. The fraction of sp³-hybridized carbons (Fsp3) is 0.407. The molecule has 0 fully saturated rings. The molecule has 2 aliphatic heterocycles. The number of carbonyl (C=O) groups is 4. The van der Waals surface area contributed by atoms with E-state index >= 15 is 0 Å². The Kier molecular flexibility index (Phi) is 8.87. The summed E-state index contributed by atoms with van der Waals surface area (Å²) in [4.78, 5) is 55.4. The Morgan fingerprint density at radius 3 is 2.58 bits per heavy atom. The number of carbonyl (C=O) groups excluding carboxylic acids is 3. The minimum Gasteiger partial charge on any atom is -0.491 e. The number of anilines is 1. The van der Waals surface area contributed by atoms with Crippen LogP contribution in [0.25, 0.3) is 0 Å². The Morgan fingerprint density at radius 2 is 1.98 bits per heavy atom. The molecule has 2 aromatic rings. The molecule has 2 aliphatic rings. The molecule has 1 atom stereocenters. The predicted octanol–water partition coefficient (Wildman–Crippen LogP) is 2.91. The number of carboxylic acid groups (broad SMARTS) is 1. The van der Waals surface area contributed by atoms with Crippen molar-refractivity contribution in [1.29, 1.82) is 5.41 Å². The number of ether oxygens (including phenoxy) is 2. The Morgan fingerprint density at radius 1 is 1.27 bits per heavy atom. The highest BCUT2D eigenvalue weighted by Crippen LogP contribution is 2.41. The molecule has 3 heterocycles. The lowest BCUT2D eigenvalue weighted by atomic mass is 9.84. The van der Waals surface area contributed by atoms with E-state index in [9.17, 15) is 19.2 Å². The van der Waals surface area contributed by atoms with Crippen LogP contribution in [0.1, 0.15) is 71.8 Å². The molecule has 0 aliphatic carbocycles. The van der Waals surface area contributed by atoms with Crippen LogP contribution in [0, 0.1) is 5.41 Å². The Hall–Kier alpha value is -4.00. The molecule has 0 spiro atoms. The first-order valence-corrected chi connectivity index (χ1v) is 12.5. The zero-order valence-electron chi connectivity index (χ0n) is 22.8. The van der Waals surface area contributed by atoms with Crippen LogP contribution in [0.5, 0.6) is 11.5 Å². The largest absolute Gasteiger partial charge is 0.491 e. The van der Waals surface area contributed by atoms with E-state index in [1.807, 2.05) is 20.8 Å². The van der Waals surface area contributed by atoms with Gasteiger partial charge in [-0.1, -0.05) is 20.8 Å². The zero-order chi connectivity index (χ0) is 28.6. The van der Waals surface area contributed by atoms with E-state index in [0.29, 0.717) is 40.5 Å². The maximum Gasteiger partial charge on any atom is 0.307 e. The summed E-state index contributed by atoms with van der Waals surface area (Å²) in [5.74, 6) is -1.87. The first-order chi connectivity index (χ1) is 18.3. The normalized spacial score (nSPS) is 15.7. The number of Topliss-reactive ketones (excluding diaryl/α,β-unsaturated/α-hetero) is 1. The summed E-state index contributed by atoms with van der Waals surface area (Å²) in [7, 11) is 1.48. The van der Waals surface area contributed by atoms with Crippen LogP contribution in [0.4, 0.5) is 5.69 Å². The van der Waals surface area contributed by atoms with Gasteiger partial charge in [0.1, 0.15) is 17.3 Å². The second kappa shape index (κ2) is 11.6. The van der Waals surface area contributed by atoms with E-state index in [1.165, 1.54) is 13.1 Å². The fourth-order valence-corrected chi connectivity index (χ4v) is 4.51. The standard InChI is InChI=1S/C27H31N5O7.BrH/c1-6-38-18-9-14-11-32(24(28)21(14)31-22(18)26(37)29-5)12-17(33)13-7-15(27(2,3)4)23-16(8-13)30-25(36)19(39-23)10-20(34)35;/h7-9,19,28H,6,10-12H2,1-5H3,(H,29,37)(H,30,36)(H,34,35);1H. The lowest BCUT2D eigenvalue weighted by molar-refractivity contribution is -0.142. The number of aromatic nitrogens is 1. The zero-order valence-corrected chi connectivity index (χ0v) is 24.6. The van der Waals surface area contributed by atoms with Crippen LogP contribution < -0.4 is 20.1 Å². The average Bonchev–Trinajstić information content (AvgIpc) is 3.16. The average molecular weight is 618 g/mol. The van der Waals surface area contributed by atoms with Crippen molar-refractivity contribution in [2.75, 3.05) is 25.5 Å². The number of carboxylic acids is 1. The third-order valence-corrected chi connectivity index (χ3v) is 6.43. The van der Waals surface area contributed by atoms with E-state index in [-0.39, 0.29) is 53.1 Å². The van der Waals surface area contributed by atoms with Gasteiger partial charge in [0.15, 0.2) is 23.3 Å². The molecule has 2 amide bonds. The van der Waals surface area contributed by atoms with E-state index in [2.05, 4.69) is 15.6 Å². The van der Waals surface area contributed by atoms with E-state index in [1.54, 1.807) is 24.0 Å². The number of nitrogens with one attached hydrogen (secondary N) is 3. The first-order valence-electron chi connectivity index (χ1n) is 12.5. The lowest BCUT2D eigenvalue weighted by Gasteiger charge is -2.31. The lowest BCUT2D eigenvalue weighted by Crippen LogP contribution is -2.39. The second-order valence-electron chi connectivity index (χ2n) is 10.3. The van der Waals surface area contributed by atoms with Gasteiger partial charge >= 0.3 is 5.97 Å². The molecule has 214 valence electrons. The SMILES string of the molecule is Br.CCOc1cc2c(nc1C(=O)NC)C(=N)N(CC(=O)c1cc3c(c(C(C)(C)C)c1)OC(CC(=O)O)C(=O)N3)C2. The summed E-state index contributed by atoms with van der Waals surface area (Å²) >= 11 is 0. The highest BCUT2D eigenvalue weighted by atomic mass is 79.9. The summed E-state index contributed by atoms with van der Waals surface area (Å²) in [6, 6.07) is 4.86. The Balaban J connectivity index is 0.00000441. The maximum absolute atomic E-state index is 13.5. The van der Waals surface area contributed by atoms with Gasteiger partial charge in [0.2, 0.25) is 0 Å². The van der Waals surface area contributed by atoms with Gasteiger partial charge in [0, 0.05) is 30.3 Å². The van der Waals surface area contributed by atoms with Gasteiger partial charge in [-0.3, -0.25) is 24.6 Å². The van der Waals surface area contributed by atoms with Crippen LogP contribution in [0.15, 0.2) is 18.2 Å². The van der Waals surface area contributed by atoms with Gasteiger partial charge in [-0.25, -0.2) is 4.98 Å². The predicted molar refractivity (Wildman–Crippen MR) is 151 cm³/mol. The third kappa shape index (κ3) is 5.93. The number of hydrogen-bond acceptors (Lipinski definition) is 8. The summed E-state index contributed by atoms with van der Waals surface area (Å²) in [5.41, 5.74) is 1.76. The van der Waals surface area contributed by atoms with E-state index in [4.69, 9.17) is 20.0 Å². The van der Waals surface area contributed by atoms with E-state index in [0.717, 1.165) is 0 Å². The van der Waals surface area contributed by atoms with Crippen molar-refractivity contribution in [3.05, 3.63) is 46.3 Å². The highest BCUT2D eigenvalue weighted by Gasteiger charge is 2.36. The van der Waals surface area contributed by atoms with Crippen LogP contribution in [0.2, 0.25) is 0 Å². The molecule has 0 saturated carbocycles. The summed E-state index contributed by atoms with van der Waals surface area (Å²) in [6.45, 7) is 7.96. The molecule has 4 N–H and O–H groups in total. The smallest absolute Gasteiger partial charge is 0.307 e. The third-order valence-electron chi connectivity index (χ3n) is 6.43. The van der Waals surface area contributed by atoms with Crippen LogP contribution in [-0.2, 0) is 21.5 Å². The highest BCUT2D eigenvalue weighted by molar-refractivity contribution is 8.93. The van der Waals surface area contributed by atoms with Gasteiger partial charge < -0.3 is 30.1 Å². The molecule has 1 aromatic heterocycles. The Labute approximate surface area is 241 Å². The van der Waals surface area contributed by atoms with Gasteiger partial charge in [0.25, 0.3) is 11.8 Å². The van der Waals surface area contributed by atoms with Crippen molar-refractivity contribution in [2.45, 2.75) is 52.2 Å². The minimum absolute atomic E-state index is 0. The van der Waals surface area contributed by atoms with Gasteiger partial charge in [-0.15, -0.1) is 17.0 Å². The number of hydrogen-bond donors (Lipinski definition) is 4. The van der Waals surface area contributed by atoms with Crippen molar-refractivity contribution in [3.8, 4) is 11.5 Å². The molecule has 13 heteroatoms. The van der Waals surface area contributed by atoms with Crippen molar-refractivity contribution in [1.82, 2.24) is 15.2 Å². The van der Waals surface area contributed by atoms with Gasteiger partial charge in [-0.05, 0) is 30.5 Å². The molecule has 40 heavy (non-hydrogen) atoms. The van der Waals surface area contributed by atoms with Crippen molar-refractivity contribution >= 4 is 52.1 Å². The van der Waals surface area contributed by atoms with Crippen molar-refractivity contribution in [3.63, 3.8) is 0 Å². The van der Waals surface area contributed by atoms with Crippen LogP contribution in [-0.4, -0.2) is 70.7 Å². The summed E-state index contributed by atoms with van der Waals surface area (Å²) in [6.07, 6.45) is -1.68. The maximum atomic E-state index is 13.5. The van der Waals surface area contributed by atoms with Gasteiger partial charge in [-0.2, -0.15) is 0 Å². The monoisotopic (exact) mass is 617 g/mol. The summed E-state index contributed by atoms with van der Waals surface area (Å²) < 4.78 is 11.4. The molecule has 12 nitrogen and oxygen atoms in total. The number of pyridine rings is 1. The quantitative estimate of drug-likeness (QED) is 0.325. The number of benzene rings is 1. The van der Waals surface area contributed by atoms with Gasteiger partial charge in [0.05, 0.1) is 25.3 Å². The molecule has 0 radical (unpaired) electrons. The Bertz CT molecular complexity index is 1400. The number of halogens is 1. The number of amides is 2. The molecular formula is C27H32BrN5O7. The number of aliphatic carboxylic acids is 1. The molecule has 1 aromatic carbocycles. The second-order valence-corrected chi connectivity index (χ2v) is 10.3. The topological polar surface area (TPSA) is 171 Å². The molecule has 0 saturated heterocycles. The number of nitrogens with zero attached hydrogens (tertiary/aromatic N) is 2. The fourth-order valence-electron chi connectivity index (χ4n) is 4.51. The van der Waals surface area contributed by atoms with Crippen LogP contribution >= 0.6 is 17.0 Å².